The van der Waals surface area contributed by atoms with E-state index >= 15 is 0 Å². The molecule has 0 saturated carbocycles. The topological polar surface area (TPSA) is 46.2 Å². The summed E-state index contributed by atoms with van der Waals surface area (Å²) in [6.07, 6.45) is 0.689. The maximum atomic E-state index is 11.4. The van der Waals surface area contributed by atoms with Crippen LogP contribution in [0.2, 0.25) is 0 Å². The quantitative estimate of drug-likeness (QED) is 0.786. The highest BCUT2D eigenvalue weighted by atomic mass is 16.2. The standard InChI is InChI=1S/C13H17NO2/c1-9(2)11-6-4-5-10(3)12(11)7-13(16)14-8-15/h4-6,8-9H,7H2,1-3H3,(H,14,15,16). The summed E-state index contributed by atoms with van der Waals surface area (Å²) < 4.78 is 0. The number of carbonyl (C=O) groups is 2. The predicted octanol–water partition coefficient (Wildman–Crippen LogP) is 1.93. The fourth-order valence-electron chi connectivity index (χ4n) is 1.78. The summed E-state index contributed by atoms with van der Waals surface area (Å²) in [5, 5.41) is 2.17. The highest BCUT2D eigenvalue weighted by molar-refractivity contribution is 5.87. The first-order chi connectivity index (χ1) is 7.56. The van der Waals surface area contributed by atoms with Crippen molar-refractivity contribution < 1.29 is 9.59 Å². The Morgan fingerprint density at radius 3 is 2.69 bits per heavy atom. The van der Waals surface area contributed by atoms with Crippen molar-refractivity contribution in [3.05, 3.63) is 34.9 Å². The number of carbonyl (C=O) groups excluding carboxylic acids is 2. The molecule has 0 aliphatic carbocycles. The minimum absolute atomic E-state index is 0.258. The molecule has 2 amide bonds. The van der Waals surface area contributed by atoms with Crippen LogP contribution in [0.5, 0.6) is 0 Å². The number of rotatable bonds is 4. The van der Waals surface area contributed by atoms with Gasteiger partial charge >= 0.3 is 0 Å². The molecule has 3 nitrogen and oxygen atoms in total. The molecular weight excluding hydrogens is 202 g/mol. The smallest absolute Gasteiger partial charge is 0.230 e. The van der Waals surface area contributed by atoms with E-state index in [9.17, 15) is 9.59 Å². The lowest BCUT2D eigenvalue weighted by Crippen LogP contribution is -2.24. The van der Waals surface area contributed by atoms with Crippen LogP contribution in [0.1, 0.15) is 36.5 Å². The predicted molar refractivity (Wildman–Crippen MR) is 63.2 cm³/mol. The van der Waals surface area contributed by atoms with Crippen molar-refractivity contribution in [2.24, 2.45) is 0 Å². The molecule has 0 heterocycles. The first-order valence-electron chi connectivity index (χ1n) is 5.37. The van der Waals surface area contributed by atoms with Gasteiger partial charge in [0, 0.05) is 0 Å². The zero-order valence-corrected chi connectivity index (χ0v) is 9.91. The monoisotopic (exact) mass is 219 g/mol. The number of nitrogens with one attached hydrogen (secondary N) is 1. The van der Waals surface area contributed by atoms with Crippen LogP contribution in [0.15, 0.2) is 18.2 Å². The van der Waals surface area contributed by atoms with E-state index in [0.717, 1.165) is 11.1 Å². The van der Waals surface area contributed by atoms with Crippen molar-refractivity contribution in [2.75, 3.05) is 0 Å². The van der Waals surface area contributed by atoms with Crippen LogP contribution in [0, 0.1) is 6.92 Å². The number of benzene rings is 1. The third-order valence-electron chi connectivity index (χ3n) is 2.63. The Labute approximate surface area is 95.9 Å². The fraction of sp³-hybridized carbons (Fsp3) is 0.385. The number of aryl methyl sites for hydroxylation is 1. The largest absolute Gasteiger partial charge is 0.299 e. The second-order valence-electron chi connectivity index (χ2n) is 4.16. The van der Waals surface area contributed by atoms with E-state index in [2.05, 4.69) is 19.2 Å². The van der Waals surface area contributed by atoms with E-state index in [0.29, 0.717) is 12.3 Å². The van der Waals surface area contributed by atoms with Gasteiger partial charge < -0.3 is 0 Å². The van der Waals surface area contributed by atoms with Gasteiger partial charge in [-0.3, -0.25) is 14.9 Å². The summed E-state index contributed by atoms with van der Waals surface area (Å²) >= 11 is 0. The van der Waals surface area contributed by atoms with Crippen molar-refractivity contribution in [2.45, 2.75) is 33.1 Å². The van der Waals surface area contributed by atoms with Gasteiger partial charge in [0.2, 0.25) is 12.3 Å². The normalized spacial score (nSPS) is 10.2. The molecule has 0 fully saturated rings. The molecule has 0 aromatic heterocycles. The van der Waals surface area contributed by atoms with Gasteiger partial charge in [-0.1, -0.05) is 32.0 Å². The molecule has 0 aliphatic heterocycles. The average Bonchev–Trinajstić information content (AvgIpc) is 2.21. The van der Waals surface area contributed by atoms with Crippen molar-refractivity contribution in [3.63, 3.8) is 0 Å². The summed E-state index contributed by atoms with van der Waals surface area (Å²) in [5.41, 5.74) is 3.28. The lowest BCUT2D eigenvalue weighted by Gasteiger charge is -2.14. The van der Waals surface area contributed by atoms with E-state index in [1.54, 1.807) is 0 Å². The van der Waals surface area contributed by atoms with E-state index in [4.69, 9.17) is 0 Å². The summed E-state index contributed by atoms with van der Waals surface area (Å²) in [7, 11) is 0. The van der Waals surface area contributed by atoms with E-state index < -0.39 is 0 Å². The Balaban J connectivity index is 3.01. The Bertz CT molecular complexity index is 397. The summed E-state index contributed by atoms with van der Waals surface area (Å²) in [6.45, 7) is 6.17. The molecule has 3 heteroatoms. The van der Waals surface area contributed by atoms with Crippen LogP contribution in [-0.4, -0.2) is 12.3 Å². The first-order valence-corrected chi connectivity index (χ1v) is 5.37. The lowest BCUT2D eigenvalue weighted by molar-refractivity contribution is -0.124. The summed E-state index contributed by atoms with van der Waals surface area (Å²) in [6, 6.07) is 6.00. The minimum atomic E-state index is -0.258. The van der Waals surface area contributed by atoms with E-state index in [-0.39, 0.29) is 12.3 Å². The van der Waals surface area contributed by atoms with Gasteiger partial charge in [0.1, 0.15) is 0 Å². The van der Waals surface area contributed by atoms with Crippen LogP contribution < -0.4 is 5.32 Å². The maximum Gasteiger partial charge on any atom is 0.230 e. The number of imide groups is 1. The molecule has 0 atom stereocenters. The second-order valence-corrected chi connectivity index (χ2v) is 4.16. The van der Waals surface area contributed by atoms with Gasteiger partial charge in [0.15, 0.2) is 0 Å². The maximum absolute atomic E-state index is 11.4. The molecule has 0 radical (unpaired) electrons. The highest BCUT2D eigenvalue weighted by Gasteiger charge is 2.12. The van der Waals surface area contributed by atoms with Crippen molar-refractivity contribution in [1.29, 1.82) is 0 Å². The molecule has 0 unspecified atom stereocenters. The summed E-state index contributed by atoms with van der Waals surface area (Å²) in [5.74, 6) is 0.116. The van der Waals surface area contributed by atoms with Gasteiger partial charge in [0.25, 0.3) is 0 Å². The molecule has 1 rings (SSSR count). The molecule has 86 valence electrons. The third kappa shape index (κ3) is 2.92. The Morgan fingerprint density at radius 1 is 1.44 bits per heavy atom. The lowest BCUT2D eigenvalue weighted by atomic mass is 9.92. The van der Waals surface area contributed by atoms with Crippen LogP contribution in [0.25, 0.3) is 0 Å². The zero-order chi connectivity index (χ0) is 12.1. The van der Waals surface area contributed by atoms with Crippen molar-refractivity contribution in [1.82, 2.24) is 5.32 Å². The molecule has 0 bridgehead atoms. The first kappa shape index (κ1) is 12.4. The molecule has 1 aromatic rings. The van der Waals surface area contributed by atoms with Crippen molar-refractivity contribution >= 4 is 12.3 Å². The Morgan fingerprint density at radius 2 is 2.12 bits per heavy atom. The van der Waals surface area contributed by atoms with Crippen LogP contribution in [-0.2, 0) is 16.0 Å². The number of hydrogen-bond acceptors (Lipinski definition) is 2. The van der Waals surface area contributed by atoms with E-state index in [1.807, 2.05) is 25.1 Å². The molecular formula is C13H17NO2. The van der Waals surface area contributed by atoms with Gasteiger partial charge in [-0.15, -0.1) is 0 Å². The summed E-state index contributed by atoms with van der Waals surface area (Å²) in [4.78, 5) is 21.6. The van der Waals surface area contributed by atoms with Crippen LogP contribution in [0.3, 0.4) is 0 Å². The van der Waals surface area contributed by atoms with Gasteiger partial charge in [-0.25, -0.2) is 0 Å². The Kier molecular flexibility index (Phi) is 4.23. The fourth-order valence-corrected chi connectivity index (χ4v) is 1.78. The molecule has 0 saturated heterocycles. The molecule has 0 spiro atoms. The van der Waals surface area contributed by atoms with Crippen LogP contribution in [0.4, 0.5) is 0 Å². The average molecular weight is 219 g/mol. The molecule has 1 N–H and O–H groups in total. The number of hydrogen-bond donors (Lipinski definition) is 1. The molecule has 0 aliphatic rings. The van der Waals surface area contributed by atoms with Crippen LogP contribution >= 0.6 is 0 Å². The molecule has 16 heavy (non-hydrogen) atoms. The molecule has 1 aromatic carbocycles. The Hall–Kier alpha value is -1.64. The minimum Gasteiger partial charge on any atom is -0.299 e. The second kappa shape index (κ2) is 5.45. The van der Waals surface area contributed by atoms with Gasteiger partial charge in [-0.05, 0) is 29.5 Å². The highest BCUT2D eigenvalue weighted by Crippen LogP contribution is 2.22. The van der Waals surface area contributed by atoms with Crippen molar-refractivity contribution in [3.8, 4) is 0 Å². The SMILES string of the molecule is Cc1cccc(C(C)C)c1CC(=O)NC=O. The number of amides is 2. The van der Waals surface area contributed by atoms with Gasteiger partial charge in [0.05, 0.1) is 6.42 Å². The van der Waals surface area contributed by atoms with E-state index in [1.165, 1.54) is 5.56 Å². The van der Waals surface area contributed by atoms with Gasteiger partial charge in [-0.2, -0.15) is 0 Å². The third-order valence-corrected chi connectivity index (χ3v) is 2.63. The zero-order valence-electron chi connectivity index (χ0n) is 9.91.